The molecule has 3 rings (SSSR count). The topological polar surface area (TPSA) is 96.0 Å². The van der Waals surface area contributed by atoms with Crippen molar-refractivity contribution >= 4 is 34.5 Å². The largest absolute Gasteiger partial charge is 0.507 e. The lowest BCUT2D eigenvalue weighted by Gasteiger charge is -2.28. The minimum Gasteiger partial charge on any atom is -0.507 e. The Kier molecular flexibility index (Phi) is 10.9. The van der Waals surface area contributed by atoms with E-state index in [0.717, 1.165) is 36.2 Å². The van der Waals surface area contributed by atoms with Crippen molar-refractivity contribution < 1.29 is 14.7 Å². The zero-order valence-electron chi connectivity index (χ0n) is 24.6. The number of aliphatic imine (C=N–C) groups is 1. The molecular weight excluding hydrogens is 554 g/mol. The van der Waals surface area contributed by atoms with Gasteiger partial charge in [-0.05, 0) is 47.3 Å². The Bertz CT molecular complexity index is 1140. The van der Waals surface area contributed by atoms with E-state index in [0.29, 0.717) is 18.0 Å². The molecule has 2 unspecified atom stereocenters. The molecule has 0 radical (unpaired) electrons. The summed E-state index contributed by atoms with van der Waals surface area (Å²) in [6, 6.07) is 14.0. The van der Waals surface area contributed by atoms with Gasteiger partial charge in [-0.1, -0.05) is 85.2 Å². The number of benzene rings is 2. The van der Waals surface area contributed by atoms with E-state index in [1.807, 2.05) is 71.9 Å². The highest BCUT2D eigenvalue weighted by Crippen LogP contribution is 2.40. The molecule has 2 atom stereocenters. The molecule has 0 spiro atoms. The van der Waals surface area contributed by atoms with Crippen LogP contribution in [0.15, 0.2) is 47.5 Å². The number of carbonyl (C=O) groups is 2. The van der Waals surface area contributed by atoms with Crippen LogP contribution in [-0.4, -0.2) is 47.2 Å². The number of halogens is 1. The van der Waals surface area contributed by atoms with Gasteiger partial charge < -0.3 is 15.7 Å². The van der Waals surface area contributed by atoms with Gasteiger partial charge in [0.2, 0.25) is 5.91 Å². The fourth-order valence-corrected chi connectivity index (χ4v) is 5.46. The predicted octanol–water partition coefficient (Wildman–Crippen LogP) is 6.22. The van der Waals surface area contributed by atoms with Gasteiger partial charge in [-0.25, -0.2) is 0 Å². The van der Waals surface area contributed by atoms with Crippen molar-refractivity contribution in [2.24, 2.45) is 22.6 Å². The van der Waals surface area contributed by atoms with Gasteiger partial charge in [0.1, 0.15) is 18.1 Å². The number of primary amides is 1. The number of hydrogen-bond acceptors (Lipinski definition) is 4. The highest BCUT2D eigenvalue weighted by Gasteiger charge is 2.39. The van der Waals surface area contributed by atoms with E-state index in [9.17, 15) is 14.7 Å². The summed E-state index contributed by atoms with van der Waals surface area (Å²) in [4.78, 5) is 32.2. The van der Waals surface area contributed by atoms with Crippen LogP contribution >= 0.6 is 17.0 Å². The van der Waals surface area contributed by atoms with Crippen molar-refractivity contribution in [3.8, 4) is 5.75 Å². The van der Waals surface area contributed by atoms with Crippen LogP contribution in [-0.2, 0) is 22.0 Å². The summed E-state index contributed by atoms with van der Waals surface area (Å²) < 4.78 is 0. The number of Topliss-reactive ketones (excluding diaryl/α,β-unsaturated/α-hetero) is 1. The third kappa shape index (κ3) is 8.17. The quantitative estimate of drug-likeness (QED) is 0.334. The fraction of sp³-hybridized carbons (Fsp3) is 0.531. The molecule has 7 heteroatoms. The van der Waals surface area contributed by atoms with Gasteiger partial charge in [0.15, 0.2) is 5.78 Å². The molecule has 1 fully saturated rings. The molecule has 3 N–H and O–H groups in total. The zero-order chi connectivity index (χ0) is 28.3. The molecule has 39 heavy (non-hydrogen) atoms. The van der Waals surface area contributed by atoms with Crippen LogP contribution in [0.2, 0.25) is 0 Å². The fourth-order valence-electron chi connectivity index (χ4n) is 5.46. The molecule has 1 heterocycles. The first-order chi connectivity index (χ1) is 17.7. The van der Waals surface area contributed by atoms with Crippen LogP contribution in [0.1, 0.15) is 88.4 Å². The smallest absolute Gasteiger partial charge is 0.239 e. The van der Waals surface area contributed by atoms with Gasteiger partial charge in [-0.3, -0.25) is 14.6 Å². The molecule has 1 aliphatic rings. The van der Waals surface area contributed by atoms with Crippen molar-refractivity contribution in [3.05, 3.63) is 64.7 Å². The summed E-state index contributed by atoms with van der Waals surface area (Å²) in [5.41, 5.74) is 8.16. The lowest BCUT2D eigenvalue weighted by atomic mass is 9.78. The second kappa shape index (κ2) is 13.1. The molecule has 2 aromatic rings. The summed E-state index contributed by atoms with van der Waals surface area (Å²) in [6.45, 7) is 15.2. The maximum Gasteiger partial charge on any atom is 0.239 e. The summed E-state index contributed by atoms with van der Waals surface area (Å²) in [5, 5.41) is 11.1. The van der Waals surface area contributed by atoms with Gasteiger partial charge >= 0.3 is 0 Å². The Labute approximate surface area is 244 Å². The van der Waals surface area contributed by atoms with Crippen LogP contribution in [0.25, 0.3) is 0 Å². The van der Waals surface area contributed by atoms with Gasteiger partial charge in [0.05, 0.1) is 6.54 Å². The standard InChI is InChI=1S/C32H45N3O3.BrH/c1-8-12-22-19-35(30(34-18-28(33)37)24(22)15-21-13-10-9-11-14-21)20-27(36)23-16-25(31(2,3)4)29(38)26(17-23)32(5,6)7;/h9-11,13-14,16-17,22,24,38H,8,12,15,18-20H2,1-7H3,(H2,33,37);1H/b34-30+;. The van der Waals surface area contributed by atoms with Crippen LogP contribution in [0.5, 0.6) is 5.75 Å². The number of nitrogens with zero attached hydrogens (tertiary/aromatic N) is 2. The number of rotatable bonds is 9. The number of ketones is 1. The highest BCUT2D eigenvalue weighted by molar-refractivity contribution is 8.93. The number of phenols is 1. The number of amides is 1. The van der Waals surface area contributed by atoms with Crippen LogP contribution in [0.4, 0.5) is 0 Å². The third-order valence-corrected chi connectivity index (χ3v) is 7.42. The van der Waals surface area contributed by atoms with Crippen molar-refractivity contribution in [2.45, 2.75) is 78.6 Å². The first-order valence-corrected chi connectivity index (χ1v) is 13.7. The molecule has 1 aliphatic heterocycles. The molecule has 1 saturated heterocycles. The molecule has 1 amide bonds. The van der Waals surface area contributed by atoms with E-state index in [1.165, 1.54) is 5.56 Å². The monoisotopic (exact) mass is 599 g/mol. The average molecular weight is 601 g/mol. The molecule has 0 bridgehead atoms. The second-order valence-electron chi connectivity index (χ2n) is 12.7. The molecule has 2 aromatic carbocycles. The Morgan fingerprint density at radius 2 is 1.59 bits per heavy atom. The van der Waals surface area contributed by atoms with E-state index in [2.05, 4.69) is 28.9 Å². The van der Waals surface area contributed by atoms with Crippen molar-refractivity contribution in [1.82, 2.24) is 4.90 Å². The van der Waals surface area contributed by atoms with E-state index in [1.54, 1.807) is 0 Å². The zero-order valence-corrected chi connectivity index (χ0v) is 26.3. The number of phenolic OH excluding ortho intramolecular Hbond substituents is 1. The van der Waals surface area contributed by atoms with Gasteiger partial charge in [0.25, 0.3) is 0 Å². The summed E-state index contributed by atoms with van der Waals surface area (Å²) >= 11 is 0. The first kappa shape index (κ1) is 32.5. The Balaban J connectivity index is 0.00000533. The van der Waals surface area contributed by atoms with E-state index < -0.39 is 5.91 Å². The number of aromatic hydroxyl groups is 1. The van der Waals surface area contributed by atoms with Gasteiger partial charge in [-0.2, -0.15) is 0 Å². The van der Waals surface area contributed by atoms with E-state index in [-0.39, 0.29) is 58.4 Å². The molecule has 0 aliphatic carbocycles. The van der Waals surface area contributed by atoms with Crippen molar-refractivity contribution in [2.75, 3.05) is 19.6 Å². The SMILES string of the molecule is Br.CCCC1CN(CC(=O)c2cc(C(C)(C)C)c(O)c(C(C)(C)C)c2)/C(=N/CC(N)=O)C1Cc1ccccc1. The summed E-state index contributed by atoms with van der Waals surface area (Å²) in [7, 11) is 0. The minimum absolute atomic E-state index is 0. The number of likely N-dealkylation sites (tertiary alicyclic amines) is 1. The van der Waals surface area contributed by atoms with Crippen molar-refractivity contribution in [1.29, 1.82) is 0 Å². The Morgan fingerprint density at radius 1 is 1.03 bits per heavy atom. The number of hydrogen-bond donors (Lipinski definition) is 2. The van der Waals surface area contributed by atoms with Crippen LogP contribution in [0, 0.1) is 11.8 Å². The molecule has 214 valence electrons. The second-order valence-corrected chi connectivity index (χ2v) is 12.7. The maximum atomic E-state index is 13.8. The molecular formula is C32H46BrN3O3. The maximum absolute atomic E-state index is 13.8. The molecule has 0 saturated carbocycles. The lowest BCUT2D eigenvalue weighted by Crippen LogP contribution is -2.34. The number of amidine groups is 1. The molecule has 6 nitrogen and oxygen atoms in total. The normalized spacial score (nSPS) is 18.7. The Hall–Kier alpha value is -2.67. The lowest BCUT2D eigenvalue weighted by molar-refractivity contribution is -0.116. The third-order valence-electron chi connectivity index (χ3n) is 7.42. The van der Waals surface area contributed by atoms with E-state index in [4.69, 9.17) is 5.73 Å². The number of carbonyl (C=O) groups excluding carboxylic acids is 2. The van der Waals surface area contributed by atoms with Gasteiger partial charge in [-0.15, -0.1) is 17.0 Å². The summed E-state index contributed by atoms with van der Waals surface area (Å²) in [6.07, 6.45) is 2.84. The number of nitrogens with two attached hydrogens (primary N) is 1. The van der Waals surface area contributed by atoms with Crippen LogP contribution < -0.4 is 5.73 Å². The minimum atomic E-state index is -0.482. The van der Waals surface area contributed by atoms with Crippen LogP contribution in [0.3, 0.4) is 0 Å². The van der Waals surface area contributed by atoms with Crippen molar-refractivity contribution in [3.63, 3.8) is 0 Å². The summed E-state index contributed by atoms with van der Waals surface area (Å²) in [5.74, 6) is 0.990. The molecule has 0 aromatic heterocycles. The highest BCUT2D eigenvalue weighted by atomic mass is 79.9. The first-order valence-electron chi connectivity index (χ1n) is 13.7. The van der Waals surface area contributed by atoms with Gasteiger partial charge in [0, 0.05) is 29.2 Å². The Morgan fingerprint density at radius 3 is 2.08 bits per heavy atom. The van der Waals surface area contributed by atoms with E-state index >= 15 is 0 Å². The predicted molar refractivity (Wildman–Crippen MR) is 165 cm³/mol. The average Bonchev–Trinajstić information content (AvgIpc) is 3.12.